The summed E-state index contributed by atoms with van der Waals surface area (Å²) in [5, 5.41) is 16.2. The highest BCUT2D eigenvalue weighted by atomic mass is 16.4. The number of ketones is 1. The zero-order chi connectivity index (χ0) is 13.1. The summed E-state index contributed by atoms with van der Waals surface area (Å²) in [5.74, 6) is -2.03. The molecule has 0 aromatic heterocycles. The highest BCUT2D eigenvalue weighted by molar-refractivity contribution is 5.83. The van der Waals surface area contributed by atoms with Crippen molar-refractivity contribution in [1.29, 1.82) is 0 Å². The van der Waals surface area contributed by atoms with Crippen LogP contribution >= 0.6 is 0 Å². The Hall–Kier alpha value is -1.43. The molecular weight excluding hydrogens is 214 g/mol. The first kappa shape index (κ1) is 17.0. The number of carboxylic acid groups (broad SMARTS) is 2. The molecular formula is C10H19NO5. The Kier molecular flexibility index (Phi) is 10.7. The van der Waals surface area contributed by atoms with E-state index in [-0.39, 0.29) is 12.2 Å². The number of carbonyl (C=O) groups is 3. The van der Waals surface area contributed by atoms with E-state index in [1.807, 2.05) is 6.92 Å². The molecule has 0 spiro atoms. The van der Waals surface area contributed by atoms with Crippen LogP contribution in [0.15, 0.2) is 0 Å². The molecule has 0 saturated carbocycles. The Balaban J connectivity index is 0. The first-order valence-corrected chi connectivity index (χ1v) is 5.00. The number of hydrogen-bond donors (Lipinski definition) is 3. The predicted octanol–water partition coefficient (Wildman–Crippen LogP) is 0.639. The number of nitrogens with two attached hydrogens (primary N) is 1. The SMILES string of the molecule is CC(=O)CC(N)C(=O)O.CCCCC(=O)O. The molecule has 0 radical (unpaired) electrons. The molecule has 0 amide bonds. The molecule has 4 N–H and O–H groups in total. The van der Waals surface area contributed by atoms with Crippen LogP contribution in [0.4, 0.5) is 0 Å². The van der Waals surface area contributed by atoms with Crippen molar-refractivity contribution in [2.24, 2.45) is 5.73 Å². The zero-order valence-electron chi connectivity index (χ0n) is 9.60. The highest BCUT2D eigenvalue weighted by Crippen LogP contribution is 1.91. The van der Waals surface area contributed by atoms with Crippen LogP contribution in [0.5, 0.6) is 0 Å². The minimum absolute atomic E-state index is 0.0880. The van der Waals surface area contributed by atoms with Gasteiger partial charge in [-0.05, 0) is 13.3 Å². The molecule has 0 aliphatic carbocycles. The molecule has 6 heteroatoms. The Morgan fingerprint density at radius 1 is 1.25 bits per heavy atom. The standard InChI is InChI=1S/C5H9NO3.C5H10O2/c1-3(7)2-4(6)5(8)9;1-2-3-4-5(6)7/h4H,2,6H2,1H3,(H,8,9);2-4H2,1H3,(H,6,7). The molecule has 0 aliphatic rings. The third-order valence-corrected chi connectivity index (χ3v) is 1.57. The van der Waals surface area contributed by atoms with Gasteiger partial charge >= 0.3 is 11.9 Å². The average Bonchev–Trinajstić information content (AvgIpc) is 2.14. The van der Waals surface area contributed by atoms with Crippen molar-refractivity contribution in [2.75, 3.05) is 0 Å². The summed E-state index contributed by atoms with van der Waals surface area (Å²) in [6.45, 7) is 3.28. The van der Waals surface area contributed by atoms with E-state index in [1.54, 1.807) is 0 Å². The van der Waals surface area contributed by atoms with Gasteiger partial charge in [0.1, 0.15) is 11.8 Å². The monoisotopic (exact) mass is 233 g/mol. The Morgan fingerprint density at radius 2 is 1.75 bits per heavy atom. The lowest BCUT2D eigenvalue weighted by atomic mass is 10.2. The van der Waals surface area contributed by atoms with E-state index in [2.05, 4.69) is 0 Å². The molecule has 0 fully saturated rings. The topological polar surface area (TPSA) is 118 Å². The van der Waals surface area contributed by atoms with Gasteiger partial charge in [-0.15, -0.1) is 0 Å². The summed E-state index contributed by atoms with van der Waals surface area (Å²) in [6, 6.07) is -1.04. The van der Waals surface area contributed by atoms with Crippen molar-refractivity contribution < 1.29 is 24.6 Å². The number of hydrogen-bond acceptors (Lipinski definition) is 4. The summed E-state index contributed by atoms with van der Waals surface area (Å²) in [4.78, 5) is 29.9. The van der Waals surface area contributed by atoms with Crippen LogP contribution in [-0.2, 0) is 14.4 Å². The van der Waals surface area contributed by atoms with Gasteiger partial charge in [0.05, 0.1) is 0 Å². The van der Waals surface area contributed by atoms with Crippen molar-refractivity contribution in [1.82, 2.24) is 0 Å². The lowest BCUT2D eigenvalue weighted by Gasteiger charge is -2.00. The van der Waals surface area contributed by atoms with Crippen LogP contribution in [0.25, 0.3) is 0 Å². The zero-order valence-corrected chi connectivity index (χ0v) is 9.60. The normalized spacial score (nSPS) is 10.9. The maximum Gasteiger partial charge on any atom is 0.320 e. The number of carbonyl (C=O) groups excluding carboxylic acids is 1. The first-order valence-electron chi connectivity index (χ1n) is 5.00. The van der Waals surface area contributed by atoms with E-state index in [0.29, 0.717) is 6.42 Å². The lowest BCUT2D eigenvalue weighted by molar-refractivity contribution is -0.140. The van der Waals surface area contributed by atoms with Gasteiger partial charge in [0.25, 0.3) is 0 Å². The lowest BCUT2D eigenvalue weighted by Crippen LogP contribution is -2.31. The second kappa shape index (κ2) is 10.1. The fraction of sp³-hybridized carbons (Fsp3) is 0.700. The molecule has 0 aromatic rings. The Morgan fingerprint density at radius 3 is 1.88 bits per heavy atom. The van der Waals surface area contributed by atoms with Crippen LogP contribution < -0.4 is 5.73 Å². The van der Waals surface area contributed by atoms with Gasteiger partial charge in [-0.2, -0.15) is 0 Å². The quantitative estimate of drug-likeness (QED) is 0.619. The molecule has 1 atom stereocenters. The first-order chi connectivity index (χ1) is 7.31. The molecule has 0 aliphatic heterocycles. The largest absolute Gasteiger partial charge is 0.481 e. The summed E-state index contributed by atoms with van der Waals surface area (Å²) in [5.41, 5.74) is 5.00. The maximum atomic E-state index is 10.2. The Bertz CT molecular complexity index is 239. The molecule has 0 heterocycles. The van der Waals surface area contributed by atoms with Crippen molar-refractivity contribution >= 4 is 17.7 Å². The minimum Gasteiger partial charge on any atom is -0.481 e. The predicted molar refractivity (Wildman–Crippen MR) is 58.1 cm³/mol. The van der Waals surface area contributed by atoms with Crippen molar-refractivity contribution in [3.8, 4) is 0 Å². The fourth-order valence-electron chi connectivity index (χ4n) is 0.725. The van der Waals surface area contributed by atoms with E-state index in [9.17, 15) is 14.4 Å². The van der Waals surface area contributed by atoms with E-state index in [0.717, 1.165) is 12.8 Å². The van der Waals surface area contributed by atoms with Crippen molar-refractivity contribution in [3.63, 3.8) is 0 Å². The highest BCUT2D eigenvalue weighted by Gasteiger charge is 2.12. The summed E-state index contributed by atoms with van der Waals surface area (Å²) >= 11 is 0. The van der Waals surface area contributed by atoms with Gasteiger partial charge in [0.2, 0.25) is 0 Å². The van der Waals surface area contributed by atoms with E-state index >= 15 is 0 Å². The van der Waals surface area contributed by atoms with E-state index in [1.165, 1.54) is 6.92 Å². The minimum atomic E-state index is -1.13. The molecule has 0 saturated heterocycles. The van der Waals surface area contributed by atoms with Gasteiger partial charge in [-0.3, -0.25) is 14.4 Å². The van der Waals surface area contributed by atoms with E-state index < -0.39 is 18.0 Å². The molecule has 0 rings (SSSR count). The van der Waals surface area contributed by atoms with Gasteiger partial charge in [-0.1, -0.05) is 13.3 Å². The second-order valence-corrected chi connectivity index (χ2v) is 3.35. The summed E-state index contributed by atoms with van der Waals surface area (Å²) in [7, 11) is 0. The summed E-state index contributed by atoms with van der Waals surface area (Å²) < 4.78 is 0. The van der Waals surface area contributed by atoms with Crippen LogP contribution in [-0.4, -0.2) is 34.0 Å². The Labute approximate surface area is 94.4 Å². The van der Waals surface area contributed by atoms with Crippen molar-refractivity contribution in [3.05, 3.63) is 0 Å². The molecule has 1 unspecified atom stereocenters. The number of rotatable bonds is 6. The van der Waals surface area contributed by atoms with Crippen LogP contribution in [0.1, 0.15) is 39.5 Å². The number of unbranched alkanes of at least 4 members (excludes halogenated alkanes) is 1. The molecule has 0 bridgehead atoms. The smallest absolute Gasteiger partial charge is 0.320 e. The number of aliphatic carboxylic acids is 2. The van der Waals surface area contributed by atoms with Crippen LogP contribution in [0, 0.1) is 0 Å². The molecule has 0 aromatic carbocycles. The molecule has 94 valence electrons. The number of carboxylic acids is 2. The van der Waals surface area contributed by atoms with Crippen LogP contribution in [0.2, 0.25) is 0 Å². The van der Waals surface area contributed by atoms with Gasteiger partial charge in [0, 0.05) is 12.8 Å². The number of Topliss-reactive ketones (excluding diaryl/α,β-unsaturated/α-hetero) is 1. The molecule has 16 heavy (non-hydrogen) atoms. The average molecular weight is 233 g/mol. The van der Waals surface area contributed by atoms with E-state index in [4.69, 9.17) is 15.9 Å². The fourth-order valence-corrected chi connectivity index (χ4v) is 0.725. The maximum absolute atomic E-state index is 10.2. The van der Waals surface area contributed by atoms with Crippen molar-refractivity contribution in [2.45, 2.75) is 45.6 Å². The molecule has 6 nitrogen and oxygen atoms in total. The third-order valence-electron chi connectivity index (χ3n) is 1.57. The second-order valence-electron chi connectivity index (χ2n) is 3.35. The van der Waals surface area contributed by atoms with Crippen LogP contribution in [0.3, 0.4) is 0 Å². The summed E-state index contributed by atoms with van der Waals surface area (Å²) in [6.07, 6.45) is 1.99. The van der Waals surface area contributed by atoms with Gasteiger partial charge in [0.15, 0.2) is 0 Å². The third kappa shape index (κ3) is 15.1. The van der Waals surface area contributed by atoms with Gasteiger partial charge < -0.3 is 15.9 Å². The van der Waals surface area contributed by atoms with Gasteiger partial charge in [-0.25, -0.2) is 0 Å².